The summed E-state index contributed by atoms with van der Waals surface area (Å²) >= 11 is 0. The predicted octanol–water partition coefficient (Wildman–Crippen LogP) is 2.25. The number of nitrogens with zero attached hydrogens (tertiary/aromatic N) is 5. The van der Waals surface area contributed by atoms with Crippen LogP contribution in [0.5, 0.6) is 0 Å². The second kappa shape index (κ2) is 7.65. The lowest BCUT2D eigenvalue weighted by atomic mass is 9.75. The number of morpholine rings is 1. The van der Waals surface area contributed by atoms with Crippen molar-refractivity contribution in [2.45, 2.75) is 25.3 Å². The van der Waals surface area contributed by atoms with E-state index in [0.29, 0.717) is 18.3 Å². The Morgan fingerprint density at radius 2 is 2.00 bits per heavy atom. The average Bonchev–Trinajstić information content (AvgIpc) is 3.13. The number of rotatable bonds is 5. The number of hydrogen-bond acceptors (Lipinski definition) is 6. The largest absolute Gasteiger partial charge is 0.379 e. The predicted molar refractivity (Wildman–Crippen MR) is 109 cm³/mol. The summed E-state index contributed by atoms with van der Waals surface area (Å²) in [5.74, 6) is 1.02. The zero-order chi connectivity index (χ0) is 19.8. The Hall–Kier alpha value is -2.64. The molecule has 150 valence electrons. The first-order chi connectivity index (χ1) is 14.2. The molecule has 2 fully saturated rings. The number of carbonyl (C=O) groups is 1. The molecule has 1 aliphatic heterocycles. The summed E-state index contributed by atoms with van der Waals surface area (Å²) in [5.41, 5.74) is 2.98. The van der Waals surface area contributed by atoms with Crippen molar-refractivity contribution in [2.75, 3.05) is 26.3 Å². The standard InChI is InChI=1S/C22H25N5O2/c1-26-14-18(13-24-26)15-2-3-16-12-23-22(25-20(16)10-15)11-21(28)17-8-19(9-17)27-4-6-29-7-5-27/h2-3,10,12-14,17,19H,4-9,11H2,1H3. The molecule has 29 heavy (non-hydrogen) atoms. The zero-order valence-corrected chi connectivity index (χ0v) is 16.6. The first kappa shape index (κ1) is 18.4. The molecule has 5 rings (SSSR count). The Morgan fingerprint density at radius 3 is 2.76 bits per heavy atom. The minimum atomic E-state index is 0.142. The van der Waals surface area contributed by atoms with E-state index in [-0.39, 0.29) is 11.7 Å². The highest BCUT2D eigenvalue weighted by Crippen LogP contribution is 2.33. The van der Waals surface area contributed by atoms with Crippen molar-refractivity contribution in [3.05, 3.63) is 42.6 Å². The van der Waals surface area contributed by atoms with E-state index in [4.69, 9.17) is 4.74 Å². The van der Waals surface area contributed by atoms with Crippen LogP contribution in [-0.4, -0.2) is 62.8 Å². The van der Waals surface area contributed by atoms with Gasteiger partial charge in [0.05, 0.1) is 31.3 Å². The molecule has 2 aromatic heterocycles. The number of Topliss-reactive ketones (excluding diaryl/α,β-unsaturated/α-hetero) is 1. The molecule has 0 radical (unpaired) electrons. The SMILES string of the molecule is Cn1cc(-c2ccc3cnc(CC(=O)C4CC(N5CCOCC5)C4)nc3c2)cn1. The summed E-state index contributed by atoms with van der Waals surface area (Å²) in [7, 11) is 1.90. The fourth-order valence-corrected chi connectivity index (χ4v) is 4.29. The van der Waals surface area contributed by atoms with E-state index < -0.39 is 0 Å². The topological polar surface area (TPSA) is 73.1 Å². The first-order valence-electron chi connectivity index (χ1n) is 10.2. The summed E-state index contributed by atoms with van der Waals surface area (Å²) < 4.78 is 7.20. The lowest BCUT2D eigenvalue weighted by Crippen LogP contribution is -2.51. The highest BCUT2D eigenvalue weighted by Gasteiger charge is 2.38. The molecule has 7 heteroatoms. The Bertz CT molecular complexity index is 1030. The molecule has 2 aliphatic rings. The van der Waals surface area contributed by atoms with Crippen LogP contribution in [0.2, 0.25) is 0 Å². The van der Waals surface area contributed by atoms with Gasteiger partial charge in [0.1, 0.15) is 11.6 Å². The maximum absolute atomic E-state index is 12.7. The van der Waals surface area contributed by atoms with Gasteiger partial charge in [-0.15, -0.1) is 0 Å². The molecule has 1 saturated heterocycles. The molecule has 1 saturated carbocycles. The summed E-state index contributed by atoms with van der Waals surface area (Å²) in [6, 6.07) is 6.64. The molecule has 7 nitrogen and oxygen atoms in total. The highest BCUT2D eigenvalue weighted by atomic mass is 16.5. The van der Waals surface area contributed by atoms with Crippen molar-refractivity contribution in [2.24, 2.45) is 13.0 Å². The number of carbonyl (C=O) groups excluding carboxylic acids is 1. The van der Waals surface area contributed by atoms with Crippen LogP contribution in [0.15, 0.2) is 36.8 Å². The number of benzene rings is 1. The summed E-state index contributed by atoms with van der Waals surface area (Å²) in [5, 5.41) is 5.21. The number of aromatic nitrogens is 4. The molecule has 0 bridgehead atoms. The smallest absolute Gasteiger partial charge is 0.143 e. The van der Waals surface area contributed by atoms with Crippen molar-refractivity contribution in [3.8, 4) is 11.1 Å². The first-order valence-corrected chi connectivity index (χ1v) is 10.2. The summed E-state index contributed by atoms with van der Waals surface area (Å²) in [4.78, 5) is 24.3. The normalized spacial score (nSPS) is 22.5. The Balaban J connectivity index is 1.26. The quantitative estimate of drug-likeness (QED) is 0.664. The van der Waals surface area contributed by atoms with Crippen molar-refractivity contribution in [3.63, 3.8) is 0 Å². The van der Waals surface area contributed by atoms with E-state index in [1.807, 2.05) is 43.8 Å². The van der Waals surface area contributed by atoms with E-state index >= 15 is 0 Å². The molecule has 0 atom stereocenters. The molecular formula is C22H25N5O2. The Labute approximate surface area is 169 Å². The maximum atomic E-state index is 12.7. The number of fused-ring (bicyclic) bond motifs is 1. The third-order valence-electron chi connectivity index (χ3n) is 6.13. The third kappa shape index (κ3) is 3.80. The minimum Gasteiger partial charge on any atom is -0.379 e. The molecule has 0 amide bonds. The van der Waals surface area contributed by atoms with Crippen LogP contribution in [0.4, 0.5) is 0 Å². The molecule has 0 unspecified atom stereocenters. The van der Waals surface area contributed by atoms with Gasteiger partial charge in [-0.3, -0.25) is 14.4 Å². The third-order valence-corrected chi connectivity index (χ3v) is 6.13. The van der Waals surface area contributed by atoms with Gasteiger partial charge in [0.25, 0.3) is 0 Å². The summed E-state index contributed by atoms with van der Waals surface area (Å²) in [6.07, 6.45) is 7.86. The molecule has 0 N–H and O–H groups in total. The maximum Gasteiger partial charge on any atom is 0.143 e. The number of hydrogen-bond donors (Lipinski definition) is 0. The van der Waals surface area contributed by atoms with Gasteiger partial charge in [-0.1, -0.05) is 12.1 Å². The molecule has 0 spiro atoms. The van der Waals surface area contributed by atoms with Gasteiger partial charge in [0.2, 0.25) is 0 Å². The van der Waals surface area contributed by atoms with Gasteiger partial charge in [-0.25, -0.2) is 9.97 Å². The van der Waals surface area contributed by atoms with Gasteiger partial charge in [0.15, 0.2) is 0 Å². The van der Waals surface area contributed by atoms with Crippen molar-refractivity contribution >= 4 is 16.7 Å². The van der Waals surface area contributed by atoms with Gasteiger partial charge >= 0.3 is 0 Å². The van der Waals surface area contributed by atoms with Crippen LogP contribution in [0, 0.1) is 5.92 Å². The van der Waals surface area contributed by atoms with Crippen LogP contribution in [0.1, 0.15) is 18.7 Å². The van der Waals surface area contributed by atoms with Crippen LogP contribution >= 0.6 is 0 Å². The fourth-order valence-electron chi connectivity index (χ4n) is 4.29. The van der Waals surface area contributed by atoms with E-state index in [1.54, 1.807) is 4.68 Å². The molecule has 1 aliphatic carbocycles. The zero-order valence-electron chi connectivity index (χ0n) is 16.6. The van der Waals surface area contributed by atoms with E-state index in [9.17, 15) is 4.79 Å². The van der Waals surface area contributed by atoms with Crippen LogP contribution in [0.3, 0.4) is 0 Å². The van der Waals surface area contributed by atoms with E-state index in [1.165, 1.54) is 0 Å². The second-order valence-electron chi connectivity index (χ2n) is 8.08. The molecular weight excluding hydrogens is 366 g/mol. The number of ketones is 1. The van der Waals surface area contributed by atoms with Crippen molar-refractivity contribution in [1.29, 1.82) is 0 Å². The Kier molecular flexibility index (Phi) is 4.85. The second-order valence-corrected chi connectivity index (χ2v) is 8.08. The molecule has 3 heterocycles. The van der Waals surface area contributed by atoms with Gasteiger partial charge < -0.3 is 4.74 Å². The Morgan fingerprint density at radius 1 is 1.17 bits per heavy atom. The van der Waals surface area contributed by atoms with Crippen LogP contribution in [0.25, 0.3) is 22.0 Å². The highest BCUT2D eigenvalue weighted by molar-refractivity contribution is 5.86. The van der Waals surface area contributed by atoms with Crippen LogP contribution < -0.4 is 0 Å². The molecule has 1 aromatic carbocycles. The molecule has 3 aromatic rings. The minimum absolute atomic E-state index is 0.142. The lowest BCUT2D eigenvalue weighted by Gasteiger charge is -2.43. The summed E-state index contributed by atoms with van der Waals surface area (Å²) in [6.45, 7) is 3.58. The average molecular weight is 391 g/mol. The van der Waals surface area contributed by atoms with Crippen LogP contribution in [-0.2, 0) is 23.0 Å². The van der Waals surface area contributed by atoms with Crippen molar-refractivity contribution < 1.29 is 9.53 Å². The monoisotopic (exact) mass is 391 g/mol. The lowest BCUT2D eigenvalue weighted by molar-refractivity contribution is -0.127. The fraction of sp³-hybridized carbons (Fsp3) is 0.455. The van der Waals surface area contributed by atoms with E-state index in [0.717, 1.165) is 61.2 Å². The number of ether oxygens (including phenoxy) is 1. The van der Waals surface area contributed by atoms with Gasteiger partial charge in [-0.05, 0) is 24.5 Å². The van der Waals surface area contributed by atoms with Crippen molar-refractivity contribution in [1.82, 2.24) is 24.6 Å². The van der Waals surface area contributed by atoms with Gasteiger partial charge in [0, 0.05) is 55.4 Å². The van der Waals surface area contributed by atoms with E-state index in [2.05, 4.69) is 20.0 Å². The number of aryl methyl sites for hydroxylation is 1. The van der Waals surface area contributed by atoms with Gasteiger partial charge in [-0.2, -0.15) is 5.10 Å².